The topological polar surface area (TPSA) is 55.4 Å². The Morgan fingerprint density at radius 1 is 1.06 bits per heavy atom. The molecule has 7 nitrogen and oxygen atoms in total. The van der Waals surface area contributed by atoms with Crippen molar-refractivity contribution >= 4 is 35.6 Å². The number of aliphatic imine (C=N–C) groups is 1. The molecule has 3 rings (SSSR count). The number of guanidine groups is 1. The number of ether oxygens (including phenoxy) is 1. The van der Waals surface area contributed by atoms with E-state index < -0.39 is 0 Å². The molecule has 2 aliphatic heterocycles. The summed E-state index contributed by atoms with van der Waals surface area (Å²) in [6.07, 6.45) is 3.31. The maximum atomic E-state index is 14.0. The van der Waals surface area contributed by atoms with Crippen molar-refractivity contribution in [3.63, 3.8) is 0 Å². The van der Waals surface area contributed by atoms with Crippen LogP contribution in [0.1, 0.15) is 26.2 Å². The van der Waals surface area contributed by atoms with E-state index in [4.69, 9.17) is 9.73 Å². The highest BCUT2D eigenvalue weighted by atomic mass is 127. The van der Waals surface area contributed by atoms with Crippen LogP contribution in [0.3, 0.4) is 0 Å². The standard InChI is InChI=1S/C24H41FN6O.HI/c1-3-26-24(28-21-9-13-30(14-10-21)19-20-32-2)27-11-6-12-29-15-17-31(18-16-29)23-8-5-4-7-22(23)25;/h4-5,7-8,21H,3,6,9-20H2,1-2H3,(H2,26,27,28);1H. The molecule has 0 amide bonds. The molecule has 0 spiro atoms. The van der Waals surface area contributed by atoms with E-state index in [1.807, 2.05) is 12.1 Å². The zero-order chi connectivity index (χ0) is 22.6. The molecule has 0 aromatic heterocycles. The summed E-state index contributed by atoms with van der Waals surface area (Å²) in [5.41, 5.74) is 0.725. The summed E-state index contributed by atoms with van der Waals surface area (Å²) in [4.78, 5) is 11.9. The van der Waals surface area contributed by atoms with Crippen LogP contribution in [0.25, 0.3) is 0 Å². The van der Waals surface area contributed by atoms with E-state index in [1.54, 1.807) is 19.2 Å². The van der Waals surface area contributed by atoms with E-state index in [9.17, 15) is 4.39 Å². The lowest BCUT2D eigenvalue weighted by Gasteiger charge is -2.36. The number of piperazine rings is 1. The number of likely N-dealkylation sites (tertiary alicyclic amines) is 1. The van der Waals surface area contributed by atoms with E-state index in [2.05, 4.69) is 32.3 Å². The van der Waals surface area contributed by atoms with Gasteiger partial charge in [-0.05, 0) is 38.3 Å². The number of hydrogen-bond acceptors (Lipinski definition) is 5. The Kier molecular flexibility index (Phi) is 13.3. The van der Waals surface area contributed by atoms with Crippen molar-refractivity contribution in [3.05, 3.63) is 30.1 Å². The number of hydrogen-bond donors (Lipinski definition) is 2. The Morgan fingerprint density at radius 3 is 2.42 bits per heavy atom. The zero-order valence-corrected chi connectivity index (χ0v) is 22.6. The Hall–Kier alpha value is -1.17. The second-order valence-electron chi connectivity index (χ2n) is 8.65. The van der Waals surface area contributed by atoms with Crippen LogP contribution in [0.15, 0.2) is 29.3 Å². The highest BCUT2D eigenvalue weighted by molar-refractivity contribution is 14.0. The predicted molar refractivity (Wildman–Crippen MR) is 146 cm³/mol. The summed E-state index contributed by atoms with van der Waals surface area (Å²) in [6.45, 7) is 12.6. The van der Waals surface area contributed by atoms with Gasteiger partial charge in [-0.25, -0.2) is 4.39 Å². The first-order chi connectivity index (χ1) is 15.7. The molecular weight excluding hydrogens is 534 g/mol. The Bertz CT molecular complexity index is 693. The molecule has 0 bridgehead atoms. The summed E-state index contributed by atoms with van der Waals surface area (Å²) in [5, 5.41) is 7.02. The number of para-hydroxylation sites is 1. The van der Waals surface area contributed by atoms with Gasteiger partial charge < -0.3 is 25.2 Å². The number of halogens is 2. The third-order valence-electron chi connectivity index (χ3n) is 6.35. The highest BCUT2D eigenvalue weighted by Crippen LogP contribution is 2.20. The van der Waals surface area contributed by atoms with Gasteiger partial charge in [-0.2, -0.15) is 0 Å². The fraction of sp³-hybridized carbons (Fsp3) is 0.708. The van der Waals surface area contributed by atoms with Crippen molar-refractivity contribution in [2.45, 2.75) is 32.2 Å². The molecule has 0 aliphatic carbocycles. The fourth-order valence-corrected chi connectivity index (χ4v) is 4.44. The van der Waals surface area contributed by atoms with E-state index in [0.717, 1.165) is 103 Å². The van der Waals surface area contributed by atoms with Crippen molar-refractivity contribution in [2.75, 3.05) is 84.1 Å². The number of benzene rings is 1. The smallest absolute Gasteiger partial charge is 0.191 e. The third kappa shape index (κ3) is 9.54. The van der Waals surface area contributed by atoms with Gasteiger partial charge in [0.2, 0.25) is 0 Å². The maximum absolute atomic E-state index is 14.0. The van der Waals surface area contributed by atoms with Crippen LogP contribution in [-0.2, 0) is 4.74 Å². The van der Waals surface area contributed by atoms with E-state index in [0.29, 0.717) is 6.04 Å². The molecule has 1 aromatic rings. The number of nitrogens with zero attached hydrogens (tertiary/aromatic N) is 4. The minimum Gasteiger partial charge on any atom is -0.383 e. The molecule has 0 saturated carbocycles. The van der Waals surface area contributed by atoms with Gasteiger partial charge in [0.05, 0.1) is 12.3 Å². The van der Waals surface area contributed by atoms with Gasteiger partial charge in [-0.15, -0.1) is 24.0 Å². The number of piperidine rings is 1. The third-order valence-corrected chi connectivity index (χ3v) is 6.35. The van der Waals surface area contributed by atoms with Crippen molar-refractivity contribution in [1.29, 1.82) is 0 Å². The minimum absolute atomic E-state index is 0. The van der Waals surface area contributed by atoms with Gasteiger partial charge in [-0.3, -0.25) is 9.89 Å². The Morgan fingerprint density at radius 2 is 1.76 bits per heavy atom. The number of anilines is 1. The SMILES string of the molecule is CCNC(=NCCCN1CCN(c2ccccc2F)CC1)NC1CCN(CCOC)CC1.I. The molecule has 9 heteroatoms. The summed E-state index contributed by atoms with van der Waals surface area (Å²) in [7, 11) is 1.76. The zero-order valence-electron chi connectivity index (χ0n) is 20.3. The Labute approximate surface area is 216 Å². The maximum Gasteiger partial charge on any atom is 0.191 e. The normalized spacial score (nSPS) is 18.8. The van der Waals surface area contributed by atoms with Crippen molar-refractivity contribution in [1.82, 2.24) is 20.4 Å². The van der Waals surface area contributed by atoms with Crippen LogP contribution >= 0.6 is 24.0 Å². The van der Waals surface area contributed by atoms with Crippen LogP contribution in [0.5, 0.6) is 0 Å². The van der Waals surface area contributed by atoms with E-state index in [1.165, 1.54) is 0 Å². The largest absolute Gasteiger partial charge is 0.383 e. The average molecular weight is 577 g/mol. The summed E-state index contributed by atoms with van der Waals surface area (Å²) < 4.78 is 19.2. The lowest BCUT2D eigenvalue weighted by Crippen LogP contribution is -2.49. The lowest BCUT2D eigenvalue weighted by molar-refractivity contribution is 0.128. The molecule has 2 heterocycles. The number of nitrogens with one attached hydrogen (secondary N) is 2. The van der Waals surface area contributed by atoms with Gasteiger partial charge >= 0.3 is 0 Å². The van der Waals surface area contributed by atoms with Crippen LogP contribution in [0, 0.1) is 5.82 Å². The van der Waals surface area contributed by atoms with Gasteiger partial charge in [0.1, 0.15) is 5.82 Å². The van der Waals surface area contributed by atoms with Crippen LogP contribution in [-0.4, -0.2) is 101 Å². The quantitative estimate of drug-likeness (QED) is 0.194. The second kappa shape index (κ2) is 15.7. The molecule has 2 aliphatic rings. The first kappa shape index (κ1) is 28.1. The molecule has 33 heavy (non-hydrogen) atoms. The van der Waals surface area contributed by atoms with E-state index >= 15 is 0 Å². The molecule has 2 fully saturated rings. The fourth-order valence-electron chi connectivity index (χ4n) is 4.44. The van der Waals surface area contributed by atoms with Crippen LogP contribution < -0.4 is 15.5 Å². The summed E-state index contributed by atoms with van der Waals surface area (Å²) in [5.74, 6) is 0.812. The van der Waals surface area contributed by atoms with Gasteiger partial charge in [0.15, 0.2) is 5.96 Å². The van der Waals surface area contributed by atoms with Crippen molar-refractivity contribution < 1.29 is 9.13 Å². The molecular formula is C24H42FIN6O. The average Bonchev–Trinajstić information content (AvgIpc) is 2.82. The number of rotatable bonds is 10. The predicted octanol–water partition coefficient (Wildman–Crippen LogP) is 2.62. The molecule has 1 aromatic carbocycles. The molecule has 188 valence electrons. The van der Waals surface area contributed by atoms with Crippen molar-refractivity contribution in [2.24, 2.45) is 4.99 Å². The molecule has 2 N–H and O–H groups in total. The molecule has 0 unspecified atom stereocenters. The summed E-state index contributed by atoms with van der Waals surface area (Å²) in [6, 6.07) is 7.55. The van der Waals surface area contributed by atoms with E-state index in [-0.39, 0.29) is 29.8 Å². The van der Waals surface area contributed by atoms with Crippen LogP contribution in [0.2, 0.25) is 0 Å². The van der Waals surface area contributed by atoms with Gasteiger partial charge in [-0.1, -0.05) is 12.1 Å². The molecule has 0 radical (unpaired) electrons. The lowest BCUT2D eigenvalue weighted by atomic mass is 10.1. The monoisotopic (exact) mass is 576 g/mol. The Balaban J connectivity index is 0.00000385. The molecule has 0 atom stereocenters. The van der Waals surface area contributed by atoms with Crippen LogP contribution in [0.4, 0.5) is 10.1 Å². The van der Waals surface area contributed by atoms with Crippen molar-refractivity contribution in [3.8, 4) is 0 Å². The minimum atomic E-state index is -0.126. The number of methoxy groups -OCH3 is 1. The molecule has 2 saturated heterocycles. The summed E-state index contributed by atoms with van der Waals surface area (Å²) >= 11 is 0. The second-order valence-corrected chi connectivity index (χ2v) is 8.65. The first-order valence-corrected chi connectivity index (χ1v) is 12.2. The van der Waals surface area contributed by atoms with Gasteiger partial charge in [0, 0.05) is 78.6 Å². The first-order valence-electron chi connectivity index (χ1n) is 12.2. The van der Waals surface area contributed by atoms with Gasteiger partial charge in [0.25, 0.3) is 0 Å². The highest BCUT2D eigenvalue weighted by Gasteiger charge is 2.20.